The van der Waals surface area contributed by atoms with Gasteiger partial charge in [0.15, 0.2) is 0 Å². The van der Waals surface area contributed by atoms with Crippen LogP contribution < -0.4 is 5.32 Å². The molecule has 0 aromatic carbocycles. The molecule has 3 heterocycles. The summed E-state index contributed by atoms with van der Waals surface area (Å²) in [6.45, 7) is 2.80. The van der Waals surface area contributed by atoms with Crippen LogP contribution in [-0.2, 0) is 13.0 Å². The topological polar surface area (TPSA) is 75.6 Å². The normalized spacial score (nSPS) is 21.1. The first-order valence-electron chi connectivity index (χ1n) is 7.58. The third-order valence-corrected chi connectivity index (χ3v) is 4.30. The van der Waals surface area contributed by atoms with Crippen LogP contribution in [0.25, 0.3) is 0 Å². The van der Waals surface area contributed by atoms with Crippen molar-refractivity contribution >= 4 is 5.91 Å². The van der Waals surface area contributed by atoms with Crippen LogP contribution in [0.15, 0.2) is 12.3 Å². The Morgan fingerprint density at radius 3 is 3.10 bits per heavy atom. The summed E-state index contributed by atoms with van der Waals surface area (Å²) in [4.78, 5) is 16.8. The number of fused-ring (bicyclic) bond motifs is 1. The number of amides is 1. The minimum Gasteiger partial charge on any atom is -0.346 e. The summed E-state index contributed by atoms with van der Waals surface area (Å²) in [6.07, 6.45) is 6.30. The zero-order valence-corrected chi connectivity index (χ0v) is 12.1. The second kappa shape index (κ2) is 4.72. The number of hydrogen-bond acceptors (Lipinski definition) is 3. The molecule has 6 nitrogen and oxygen atoms in total. The second-order valence-corrected chi connectivity index (χ2v) is 6.14. The Hall–Kier alpha value is -2.11. The zero-order valence-electron chi connectivity index (χ0n) is 12.1. The predicted molar refractivity (Wildman–Crippen MR) is 77.1 cm³/mol. The number of aromatic amines is 1. The van der Waals surface area contributed by atoms with E-state index in [1.54, 1.807) is 0 Å². The maximum atomic E-state index is 12.3. The molecule has 1 aliphatic carbocycles. The van der Waals surface area contributed by atoms with Crippen LogP contribution >= 0.6 is 0 Å². The fourth-order valence-electron chi connectivity index (χ4n) is 3.02. The Bertz CT molecular complexity index is 682. The lowest BCUT2D eigenvalue weighted by Crippen LogP contribution is -2.41. The second-order valence-electron chi connectivity index (χ2n) is 6.14. The number of hydrogen-bond donors (Lipinski definition) is 2. The third kappa shape index (κ3) is 2.46. The van der Waals surface area contributed by atoms with Gasteiger partial charge in [-0.3, -0.25) is 9.89 Å². The van der Waals surface area contributed by atoms with Gasteiger partial charge in [-0.2, -0.15) is 5.10 Å². The quantitative estimate of drug-likeness (QED) is 0.898. The Labute approximate surface area is 123 Å². The summed E-state index contributed by atoms with van der Waals surface area (Å²) in [5.41, 5.74) is 2.64. The van der Waals surface area contributed by atoms with Crippen LogP contribution in [0.5, 0.6) is 0 Å². The van der Waals surface area contributed by atoms with Crippen LogP contribution in [0.1, 0.15) is 52.9 Å². The molecule has 1 fully saturated rings. The highest BCUT2D eigenvalue weighted by atomic mass is 16.2. The van der Waals surface area contributed by atoms with Gasteiger partial charge < -0.3 is 9.88 Å². The van der Waals surface area contributed by atoms with E-state index in [4.69, 9.17) is 0 Å². The van der Waals surface area contributed by atoms with Gasteiger partial charge in [-0.05, 0) is 32.3 Å². The van der Waals surface area contributed by atoms with Gasteiger partial charge >= 0.3 is 0 Å². The average molecular weight is 285 g/mol. The SMILES string of the molecule is Cc1cn2c(n1)CC[C@@H](NC(=O)c1cc(C3CC3)[nH]n1)C2. The van der Waals surface area contributed by atoms with Gasteiger partial charge in [-0.15, -0.1) is 0 Å². The number of rotatable bonds is 3. The van der Waals surface area contributed by atoms with Gasteiger partial charge in [0.05, 0.1) is 5.69 Å². The minimum absolute atomic E-state index is 0.0802. The standard InChI is InChI=1S/C15H19N5O/c1-9-7-20-8-11(4-5-14(20)16-9)17-15(21)13-6-12(18-19-13)10-2-3-10/h6-7,10-11H,2-5,8H2,1H3,(H,17,21)(H,18,19)/t11-/m1/s1. The highest BCUT2D eigenvalue weighted by Gasteiger charge is 2.27. The summed E-state index contributed by atoms with van der Waals surface area (Å²) in [5.74, 6) is 1.63. The number of imidazole rings is 1. The zero-order chi connectivity index (χ0) is 14.4. The molecule has 0 saturated heterocycles. The molecule has 0 bridgehead atoms. The third-order valence-electron chi connectivity index (χ3n) is 4.30. The molecule has 21 heavy (non-hydrogen) atoms. The lowest BCUT2D eigenvalue weighted by Gasteiger charge is -2.24. The smallest absolute Gasteiger partial charge is 0.272 e. The minimum atomic E-state index is -0.0802. The molecule has 0 radical (unpaired) electrons. The van der Waals surface area contributed by atoms with Crippen molar-refractivity contribution in [3.05, 3.63) is 35.2 Å². The van der Waals surface area contributed by atoms with Crippen molar-refractivity contribution in [1.82, 2.24) is 25.1 Å². The van der Waals surface area contributed by atoms with E-state index < -0.39 is 0 Å². The monoisotopic (exact) mass is 285 g/mol. The summed E-state index contributed by atoms with van der Waals surface area (Å²) >= 11 is 0. The molecule has 2 N–H and O–H groups in total. The molecule has 4 rings (SSSR count). The Kier molecular flexibility index (Phi) is 2.83. The predicted octanol–water partition coefficient (Wildman–Crippen LogP) is 1.54. The van der Waals surface area contributed by atoms with Crippen molar-refractivity contribution < 1.29 is 4.79 Å². The van der Waals surface area contributed by atoms with Gasteiger partial charge in [0, 0.05) is 36.8 Å². The molecule has 0 unspecified atom stereocenters. The number of nitrogens with zero attached hydrogens (tertiary/aromatic N) is 3. The summed E-state index contributed by atoms with van der Waals surface area (Å²) in [7, 11) is 0. The van der Waals surface area contributed by atoms with Crippen molar-refractivity contribution in [3.8, 4) is 0 Å². The van der Waals surface area contributed by atoms with Crippen LogP contribution in [0.2, 0.25) is 0 Å². The largest absolute Gasteiger partial charge is 0.346 e. The highest BCUT2D eigenvalue weighted by molar-refractivity contribution is 5.92. The molecule has 0 spiro atoms. The maximum absolute atomic E-state index is 12.3. The molecule has 1 saturated carbocycles. The molecule has 1 atom stereocenters. The van der Waals surface area contributed by atoms with E-state index in [0.29, 0.717) is 11.6 Å². The summed E-state index contributed by atoms with van der Waals surface area (Å²) in [5, 5.41) is 10.2. The van der Waals surface area contributed by atoms with Gasteiger partial charge in [0.1, 0.15) is 11.5 Å². The number of aromatic nitrogens is 4. The van der Waals surface area contributed by atoms with Crippen molar-refractivity contribution in [1.29, 1.82) is 0 Å². The molecule has 6 heteroatoms. The van der Waals surface area contributed by atoms with Crippen LogP contribution in [-0.4, -0.2) is 31.7 Å². The fraction of sp³-hybridized carbons (Fsp3) is 0.533. The van der Waals surface area contributed by atoms with Gasteiger partial charge in [0.2, 0.25) is 0 Å². The van der Waals surface area contributed by atoms with Gasteiger partial charge in [-0.1, -0.05) is 0 Å². The lowest BCUT2D eigenvalue weighted by atomic mass is 10.1. The summed E-state index contributed by atoms with van der Waals surface area (Å²) in [6, 6.07) is 2.04. The Morgan fingerprint density at radius 2 is 2.29 bits per heavy atom. The number of aryl methyl sites for hydroxylation is 2. The van der Waals surface area contributed by atoms with Crippen LogP contribution in [0.3, 0.4) is 0 Å². The number of carbonyl (C=O) groups excluding carboxylic acids is 1. The molecular formula is C15H19N5O. The van der Waals surface area contributed by atoms with E-state index in [0.717, 1.165) is 36.6 Å². The van der Waals surface area contributed by atoms with Gasteiger partial charge in [0.25, 0.3) is 5.91 Å². The first-order valence-corrected chi connectivity index (χ1v) is 7.58. The average Bonchev–Trinajstić information content (AvgIpc) is 3.06. The van der Waals surface area contributed by atoms with Crippen LogP contribution in [0.4, 0.5) is 0 Å². The molecule has 1 amide bonds. The molecule has 2 aromatic rings. The molecule has 2 aliphatic rings. The first kappa shape index (κ1) is 12.6. The van der Waals surface area contributed by atoms with Crippen LogP contribution in [0, 0.1) is 6.92 Å². The van der Waals surface area contributed by atoms with Gasteiger partial charge in [-0.25, -0.2) is 4.98 Å². The number of nitrogens with one attached hydrogen (secondary N) is 2. The highest BCUT2D eigenvalue weighted by Crippen LogP contribution is 2.38. The number of carbonyl (C=O) groups is 1. The fourth-order valence-corrected chi connectivity index (χ4v) is 3.02. The first-order chi connectivity index (χ1) is 10.2. The Balaban J connectivity index is 1.42. The van der Waals surface area contributed by atoms with E-state index in [9.17, 15) is 4.79 Å². The van der Waals surface area contributed by atoms with E-state index in [2.05, 4.69) is 25.1 Å². The van der Waals surface area contributed by atoms with Crippen molar-refractivity contribution in [3.63, 3.8) is 0 Å². The van der Waals surface area contributed by atoms with E-state index in [1.165, 1.54) is 12.8 Å². The lowest BCUT2D eigenvalue weighted by molar-refractivity contribution is 0.0922. The Morgan fingerprint density at radius 1 is 1.43 bits per heavy atom. The van der Waals surface area contributed by atoms with Crippen molar-refractivity contribution in [2.24, 2.45) is 0 Å². The van der Waals surface area contributed by atoms with E-state index >= 15 is 0 Å². The van der Waals surface area contributed by atoms with E-state index in [1.807, 2.05) is 19.2 Å². The maximum Gasteiger partial charge on any atom is 0.272 e. The van der Waals surface area contributed by atoms with Crippen molar-refractivity contribution in [2.75, 3.05) is 0 Å². The summed E-state index contributed by atoms with van der Waals surface area (Å²) < 4.78 is 2.14. The molecular weight excluding hydrogens is 266 g/mol. The molecule has 110 valence electrons. The van der Waals surface area contributed by atoms with E-state index in [-0.39, 0.29) is 11.9 Å². The molecule has 1 aliphatic heterocycles. The molecule has 2 aromatic heterocycles. The van der Waals surface area contributed by atoms with Crippen molar-refractivity contribution in [2.45, 2.75) is 51.1 Å². The number of H-pyrrole nitrogens is 1.